The first-order chi connectivity index (χ1) is 34.4. The van der Waals surface area contributed by atoms with E-state index in [1.165, 1.54) is 14.2 Å². The number of carbonyl (C=O) groups is 4. The quantitative estimate of drug-likeness (QED) is 0.0461. The SMILES string of the molecule is COC(=O)[C@H](C)NC(=O)NCCCOc1c2cc(C(C)(C)C)cc1Cc1cc(C(C)(C)C)cc(c1O)Cc1cc(C(C)(C)C)cc(c1OCCCNC(=O)N[C@@H](C)C(=O)OC)Cc1cc(C(C)(C)C)cc(c1O)C2. The molecule has 0 spiro atoms. The van der Waals surface area contributed by atoms with Gasteiger partial charge in [-0.1, -0.05) is 132 Å². The lowest BCUT2D eigenvalue weighted by Gasteiger charge is -2.28. The number of esters is 2. The number of benzene rings is 4. The summed E-state index contributed by atoms with van der Waals surface area (Å²) in [5.74, 6) is 0.567. The monoisotopic (exact) mass is 1020 g/mol. The minimum atomic E-state index is -0.813. The maximum Gasteiger partial charge on any atom is 0.328 e. The van der Waals surface area contributed by atoms with Gasteiger partial charge in [0.1, 0.15) is 35.1 Å². The second kappa shape index (κ2) is 23.8. The van der Waals surface area contributed by atoms with Gasteiger partial charge in [0.15, 0.2) is 0 Å². The summed E-state index contributed by atoms with van der Waals surface area (Å²) in [4.78, 5) is 49.2. The van der Waals surface area contributed by atoms with Gasteiger partial charge in [0.05, 0.1) is 27.4 Å². The molecule has 74 heavy (non-hydrogen) atoms. The Morgan fingerprint density at radius 3 is 0.932 bits per heavy atom. The van der Waals surface area contributed by atoms with Crippen molar-refractivity contribution >= 4 is 24.0 Å². The third-order valence-corrected chi connectivity index (χ3v) is 13.5. The summed E-state index contributed by atoms with van der Waals surface area (Å²) in [6.07, 6.45) is 2.22. The van der Waals surface area contributed by atoms with Crippen LogP contribution < -0.4 is 30.7 Å². The van der Waals surface area contributed by atoms with Crippen LogP contribution in [0.4, 0.5) is 9.59 Å². The Labute approximate surface area is 440 Å². The standard InChI is InChI=1S/C60H84N4O10/c1-35(53(67)71-15)63-55(69)61-19-17-21-73-51-41-23-37-27-45(57(3,4)5)29-39(49(37)65)25-43-33-48(60(12,13)14)34-44(52(43)74-22-18-20-62-56(70)64-36(2)54(68)72-16)26-40-30-46(58(6,7)8)28-38(50(40)66)24-42(51)32-47(31-41)59(9,10)11/h27-36,65-66H,17-26H2,1-16H3,(H2,61,63,69)(H2,62,64,70)/t35-,36-/m0/s1. The van der Waals surface area contributed by atoms with Crippen LogP contribution in [0.2, 0.25) is 0 Å². The zero-order chi connectivity index (χ0) is 55.1. The van der Waals surface area contributed by atoms with Crippen LogP contribution in [-0.4, -0.2) is 86.8 Å². The number of ether oxygens (including phenoxy) is 4. The third-order valence-electron chi connectivity index (χ3n) is 13.5. The minimum absolute atomic E-state index is 0.179. The lowest BCUT2D eigenvalue weighted by Crippen LogP contribution is -2.45. The number of hydrogen-bond acceptors (Lipinski definition) is 10. The Kier molecular flexibility index (Phi) is 18.8. The normalized spacial score (nSPS) is 13.7. The average Bonchev–Trinajstić information content (AvgIpc) is 3.29. The summed E-state index contributed by atoms with van der Waals surface area (Å²) in [6.45, 7) is 30.2. The molecule has 5 rings (SSSR count). The molecule has 0 radical (unpaired) electrons. The number of nitrogens with one attached hydrogen (secondary N) is 4. The molecule has 14 nitrogen and oxygen atoms in total. The van der Waals surface area contributed by atoms with Crippen LogP contribution in [0.15, 0.2) is 48.5 Å². The Morgan fingerprint density at radius 1 is 0.459 bits per heavy atom. The summed E-state index contributed by atoms with van der Waals surface area (Å²) in [7, 11) is 2.54. The van der Waals surface area contributed by atoms with Crippen molar-refractivity contribution in [3.05, 3.63) is 115 Å². The highest BCUT2D eigenvalue weighted by Gasteiger charge is 2.29. The number of carbonyl (C=O) groups excluding carboxylic acids is 4. The van der Waals surface area contributed by atoms with E-state index in [0.717, 1.165) is 66.8 Å². The molecule has 1 aliphatic rings. The van der Waals surface area contributed by atoms with Crippen molar-refractivity contribution in [3.63, 3.8) is 0 Å². The van der Waals surface area contributed by atoms with Gasteiger partial charge in [0.25, 0.3) is 0 Å². The average molecular weight is 1020 g/mol. The second-order valence-electron chi connectivity index (χ2n) is 23.9. The highest BCUT2D eigenvalue weighted by molar-refractivity contribution is 5.83. The van der Waals surface area contributed by atoms with Crippen molar-refractivity contribution in [3.8, 4) is 23.0 Å². The van der Waals surface area contributed by atoms with E-state index in [1.54, 1.807) is 13.8 Å². The lowest BCUT2D eigenvalue weighted by molar-refractivity contribution is -0.143. The van der Waals surface area contributed by atoms with Crippen LogP contribution >= 0.6 is 0 Å². The molecule has 404 valence electrons. The van der Waals surface area contributed by atoms with Crippen LogP contribution in [0.1, 0.15) is 177 Å². The van der Waals surface area contributed by atoms with E-state index < -0.39 is 36.1 Å². The molecule has 14 heteroatoms. The molecule has 0 saturated carbocycles. The molecule has 0 saturated heterocycles. The minimum Gasteiger partial charge on any atom is -0.507 e. The van der Waals surface area contributed by atoms with Gasteiger partial charge in [-0.05, 0) is 115 Å². The zero-order valence-electron chi connectivity index (χ0n) is 47.0. The van der Waals surface area contributed by atoms with E-state index >= 15 is 0 Å². The molecule has 8 bridgehead atoms. The first kappa shape index (κ1) is 58.4. The summed E-state index contributed by atoms with van der Waals surface area (Å²) in [5.41, 5.74) is 9.55. The van der Waals surface area contributed by atoms with Crippen LogP contribution in [0.25, 0.3) is 0 Å². The fraction of sp³-hybridized carbons (Fsp3) is 0.533. The van der Waals surface area contributed by atoms with Crippen molar-refractivity contribution in [2.24, 2.45) is 0 Å². The highest BCUT2D eigenvalue weighted by atomic mass is 16.5. The molecule has 6 N–H and O–H groups in total. The molecule has 1 aliphatic carbocycles. The van der Waals surface area contributed by atoms with Gasteiger partial charge in [0.2, 0.25) is 0 Å². The molecular weight excluding hydrogens is 937 g/mol. The number of aromatic hydroxyl groups is 2. The molecule has 2 atom stereocenters. The van der Waals surface area contributed by atoms with Crippen LogP contribution in [0, 0.1) is 0 Å². The van der Waals surface area contributed by atoms with Crippen LogP contribution in [-0.2, 0) is 66.4 Å². The number of methoxy groups -OCH3 is 2. The van der Waals surface area contributed by atoms with Crippen molar-refractivity contribution < 1.29 is 48.3 Å². The van der Waals surface area contributed by atoms with Gasteiger partial charge in [-0.2, -0.15) is 0 Å². The van der Waals surface area contributed by atoms with E-state index in [9.17, 15) is 29.4 Å². The molecule has 0 aromatic heterocycles. The number of rotatable bonds is 14. The number of urea groups is 2. The van der Waals surface area contributed by atoms with Crippen molar-refractivity contribution in [1.82, 2.24) is 21.3 Å². The first-order valence-corrected chi connectivity index (χ1v) is 25.9. The van der Waals surface area contributed by atoms with E-state index in [1.807, 2.05) is 0 Å². The van der Waals surface area contributed by atoms with Crippen molar-refractivity contribution in [1.29, 1.82) is 0 Å². The zero-order valence-corrected chi connectivity index (χ0v) is 47.0. The Bertz CT molecular complexity index is 2400. The summed E-state index contributed by atoms with van der Waals surface area (Å²) < 4.78 is 23.2. The highest BCUT2D eigenvalue weighted by Crippen LogP contribution is 2.44. The molecule has 4 aromatic rings. The molecule has 0 aliphatic heterocycles. The van der Waals surface area contributed by atoms with E-state index in [-0.39, 0.29) is 59.5 Å². The number of phenols is 2. The van der Waals surface area contributed by atoms with Crippen molar-refractivity contribution in [2.75, 3.05) is 40.5 Å². The number of amides is 4. The Morgan fingerprint density at radius 2 is 0.703 bits per heavy atom. The smallest absolute Gasteiger partial charge is 0.328 e. The lowest BCUT2D eigenvalue weighted by atomic mass is 9.79. The third kappa shape index (κ3) is 15.3. The largest absolute Gasteiger partial charge is 0.507 e. The summed E-state index contributed by atoms with van der Waals surface area (Å²) in [6, 6.07) is 14.5. The Balaban J connectivity index is 1.71. The summed E-state index contributed by atoms with van der Waals surface area (Å²) in [5, 5.41) is 36.1. The fourth-order valence-corrected chi connectivity index (χ4v) is 8.88. The van der Waals surface area contributed by atoms with E-state index in [4.69, 9.17) is 18.9 Å². The summed E-state index contributed by atoms with van der Waals surface area (Å²) >= 11 is 0. The van der Waals surface area contributed by atoms with Gasteiger partial charge in [-0.25, -0.2) is 19.2 Å². The number of hydrogen-bond donors (Lipinski definition) is 6. The second-order valence-corrected chi connectivity index (χ2v) is 23.9. The Hall–Kier alpha value is -6.44. The predicted molar refractivity (Wildman–Crippen MR) is 291 cm³/mol. The van der Waals surface area contributed by atoms with Gasteiger partial charge in [-0.3, -0.25) is 0 Å². The van der Waals surface area contributed by atoms with Crippen LogP contribution in [0.3, 0.4) is 0 Å². The van der Waals surface area contributed by atoms with Crippen molar-refractivity contribution in [2.45, 2.75) is 169 Å². The molecule has 4 aromatic carbocycles. The van der Waals surface area contributed by atoms with Gasteiger partial charge >= 0.3 is 24.0 Å². The molecule has 0 fully saturated rings. The topological polar surface area (TPSA) is 194 Å². The molecule has 4 amide bonds. The van der Waals surface area contributed by atoms with Crippen LogP contribution in [0.5, 0.6) is 23.0 Å². The molecule has 0 unspecified atom stereocenters. The fourth-order valence-electron chi connectivity index (χ4n) is 8.88. The van der Waals surface area contributed by atoms with E-state index in [0.29, 0.717) is 50.0 Å². The number of fused-ring (bicyclic) bond motifs is 8. The van der Waals surface area contributed by atoms with Gasteiger partial charge < -0.3 is 50.4 Å². The van der Waals surface area contributed by atoms with E-state index in [2.05, 4.69) is 153 Å². The maximum atomic E-state index is 12.7. The number of phenolic OH excluding ortho intramolecular Hbond substituents is 2. The first-order valence-electron chi connectivity index (χ1n) is 25.9. The molecular formula is C60H84N4O10. The van der Waals surface area contributed by atoms with Gasteiger partial charge in [-0.15, -0.1) is 0 Å². The maximum absolute atomic E-state index is 12.7. The molecule has 0 heterocycles. The predicted octanol–water partition coefficient (Wildman–Crippen LogP) is 10.2. The van der Waals surface area contributed by atoms with Gasteiger partial charge in [0, 0.05) is 38.8 Å².